The summed E-state index contributed by atoms with van der Waals surface area (Å²) in [5.74, 6) is 0.784. The standard InChI is InChI=1S/C15H22BrN/c1-2-3-4-9-17-15-10-13(11-15)12-5-7-14(16)8-6-12/h5-8,13,15,17H,2-4,9-11H2,1H3. The van der Waals surface area contributed by atoms with Gasteiger partial charge < -0.3 is 5.32 Å². The Bertz CT molecular complexity index is 327. The predicted molar refractivity (Wildman–Crippen MR) is 77.4 cm³/mol. The molecule has 0 unspecified atom stereocenters. The Morgan fingerprint density at radius 3 is 2.53 bits per heavy atom. The molecule has 94 valence electrons. The van der Waals surface area contributed by atoms with Gasteiger partial charge in [0.1, 0.15) is 0 Å². The molecule has 0 amide bonds. The fraction of sp³-hybridized carbons (Fsp3) is 0.600. The van der Waals surface area contributed by atoms with Crippen LogP contribution in [0.15, 0.2) is 28.7 Å². The third kappa shape index (κ3) is 3.82. The number of benzene rings is 1. The minimum atomic E-state index is 0.764. The van der Waals surface area contributed by atoms with Crippen molar-refractivity contribution in [3.63, 3.8) is 0 Å². The van der Waals surface area contributed by atoms with Gasteiger partial charge in [0, 0.05) is 10.5 Å². The summed E-state index contributed by atoms with van der Waals surface area (Å²) in [6, 6.07) is 9.57. The fourth-order valence-corrected chi connectivity index (χ4v) is 2.74. The van der Waals surface area contributed by atoms with Crippen molar-refractivity contribution in [3.05, 3.63) is 34.3 Å². The van der Waals surface area contributed by atoms with Crippen LogP contribution in [0.2, 0.25) is 0 Å². The van der Waals surface area contributed by atoms with E-state index in [9.17, 15) is 0 Å². The first-order valence-electron chi connectivity index (χ1n) is 6.78. The third-order valence-electron chi connectivity index (χ3n) is 3.69. The number of halogens is 1. The molecular weight excluding hydrogens is 274 g/mol. The van der Waals surface area contributed by atoms with Gasteiger partial charge in [-0.3, -0.25) is 0 Å². The molecule has 1 aromatic carbocycles. The highest BCUT2D eigenvalue weighted by Crippen LogP contribution is 2.37. The van der Waals surface area contributed by atoms with E-state index >= 15 is 0 Å². The van der Waals surface area contributed by atoms with E-state index in [1.165, 1.54) is 48.7 Å². The van der Waals surface area contributed by atoms with Crippen LogP contribution in [-0.4, -0.2) is 12.6 Å². The smallest absolute Gasteiger partial charge is 0.0175 e. The highest BCUT2D eigenvalue weighted by atomic mass is 79.9. The lowest BCUT2D eigenvalue weighted by Gasteiger charge is -2.36. The zero-order valence-electron chi connectivity index (χ0n) is 10.6. The second kappa shape index (κ2) is 6.55. The van der Waals surface area contributed by atoms with E-state index in [-0.39, 0.29) is 0 Å². The summed E-state index contributed by atoms with van der Waals surface area (Å²) in [5, 5.41) is 3.66. The first-order chi connectivity index (χ1) is 8.29. The molecule has 0 spiro atoms. The van der Waals surface area contributed by atoms with Gasteiger partial charge in [-0.1, -0.05) is 47.8 Å². The van der Waals surface area contributed by atoms with Crippen molar-refractivity contribution in [1.29, 1.82) is 0 Å². The molecular formula is C15H22BrN. The van der Waals surface area contributed by atoms with E-state index in [1.807, 2.05) is 0 Å². The lowest BCUT2D eigenvalue weighted by atomic mass is 9.76. The second-order valence-corrected chi connectivity index (χ2v) is 5.99. The van der Waals surface area contributed by atoms with Gasteiger partial charge in [0.15, 0.2) is 0 Å². The highest BCUT2D eigenvalue weighted by molar-refractivity contribution is 9.10. The lowest BCUT2D eigenvalue weighted by Crippen LogP contribution is -2.40. The summed E-state index contributed by atoms with van der Waals surface area (Å²) < 4.78 is 1.18. The number of hydrogen-bond donors (Lipinski definition) is 1. The number of hydrogen-bond acceptors (Lipinski definition) is 1. The van der Waals surface area contributed by atoms with Crippen molar-refractivity contribution in [2.45, 2.75) is 51.0 Å². The molecule has 1 nitrogen and oxygen atoms in total. The van der Waals surface area contributed by atoms with Gasteiger partial charge in [0.05, 0.1) is 0 Å². The van der Waals surface area contributed by atoms with Gasteiger partial charge in [-0.05, 0) is 49.4 Å². The van der Waals surface area contributed by atoms with Crippen molar-refractivity contribution < 1.29 is 0 Å². The van der Waals surface area contributed by atoms with Crippen LogP contribution in [0.1, 0.15) is 50.5 Å². The molecule has 1 aromatic rings. The van der Waals surface area contributed by atoms with Gasteiger partial charge in [-0.2, -0.15) is 0 Å². The Labute approximate surface area is 113 Å². The fourth-order valence-electron chi connectivity index (χ4n) is 2.47. The first kappa shape index (κ1) is 13.1. The molecule has 0 aromatic heterocycles. The van der Waals surface area contributed by atoms with Crippen LogP contribution in [0.3, 0.4) is 0 Å². The zero-order chi connectivity index (χ0) is 12.1. The zero-order valence-corrected chi connectivity index (χ0v) is 12.2. The molecule has 0 atom stereocenters. The Morgan fingerprint density at radius 1 is 1.18 bits per heavy atom. The maximum atomic E-state index is 3.66. The van der Waals surface area contributed by atoms with Crippen LogP contribution in [0, 0.1) is 0 Å². The summed E-state index contributed by atoms with van der Waals surface area (Å²) in [5.41, 5.74) is 1.50. The van der Waals surface area contributed by atoms with Crippen molar-refractivity contribution in [2.24, 2.45) is 0 Å². The third-order valence-corrected chi connectivity index (χ3v) is 4.22. The van der Waals surface area contributed by atoms with Gasteiger partial charge in [0.25, 0.3) is 0 Å². The Morgan fingerprint density at radius 2 is 1.88 bits per heavy atom. The maximum absolute atomic E-state index is 3.66. The average molecular weight is 296 g/mol. The summed E-state index contributed by atoms with van der Waals surface area (Å²) in [6.07, 6.45) is 6.63. The van der Waals surface area contributed by atoms with E-state index in [0.717, 1.165) is 12.0 Å². The van der Waals surface area contributed by atoms with Crippen LogP contribution in [0.5, 0.6) is 0 Å². The molecule has 0 heterocycles. The van der Waals surface area contributed by atoms with Crippen LogP contribution in [0.4, 0.5) is 0 Å². The van der Waals surface area contributed by atoms with Gasteiger partial charge in [-0.25, -0.2) is 0 Å². The maximum Gasteiger partial charge on any atom is 0.0175 e. The van der Waals surface area contributed by atoms with E-state index < -0.39 is 0 Å². The lowest BCUT2D eigenvalue weighted by molar-refractivity contribution is 0.290. The quantitative estimate of drug-likeness (QED) is 0.763. The van der Waals surface area contributed by atoms with Crippen molar-refractivity contribution in [3.8, 4) is 0 Å². The molecule has 1 fully saturated rings. The second-order valence-electron chi connectivity index (χ2n) is 5.08. The SMILES string of the molecule is CCCCCNC1CC(c2ccc(Br)cc2)C1. The Balaban J connectivity index is 1.66. The first-order valence-corrected chi connectivity index (χ1v) is 7.57. The monoisotopic (exact) mass is 295 g/mol. The molecule has 1 aliphatic rings. The van der Waals surface area contributed by atoms with E-state index in [1.54, 1.807) is 0 Å². The number of nitrogens with one attached hydrogen (secondary N) is 1. The highest BCUT2D eigenvalue weighted by Gasteiger charge is 2.29. The van der Waals surface area contributed by atoms with E-state index in [4.69, 9.17) is 0 Å². The molecule has 0 aliphatic heterocycles. The summed E-state index contributed by atoms with van der Waals surface area (Å²) in [4.78, 5) is 0. The van der Waals surface area contributed by atoms with Crippen LogP contribution < -0.4 is 5.32 Å². The van der Waals surface area contributed by atoms with Crippen LogP contribution in [-0.2, 0) is 0 Å². The van der Waals surface area contributed by atoms with Crippen molar-refractivity contribution in [2.75, 3.05) is 6.54 Å². The van der Waals surface area contributed by atoms with E-state index in [0.29, 0.717) is 0 Å². The molecule has 2 rings (SSSR count). The predicted octanol–water partition coefficient (Wildman–Crippen LogP) is 4.47. The Hall–Kier alpha value is -0.340. The van der Waals surface area contributed by atoms with Gasteiger partial charge in [-0.15, -0.1) is 0 Å². The molecule has 0 radical (unpaired) electrons. The Kier molecular flexibility index (Phi) is 5.05. The largest absolute Gasteiger partial charge is 0.314 e. The summed E-state index contributed by atoms with van der Waals surface area (Å²) >= 11 is 3.48. The molecule has 17 heavy (non-hydrogen) atoms. The normalized spacial score (nSPS) is 23.4. The molecule has 0 saturated heterocycles. The summed E-state index contributed by atoms with van der Waals surface area (Å²) in [7, 11) is 0. The minimum Gasteiger partial charge on any atom is -0.314 e. The average Bonchev–Trinajstić information content (AvgIpc) is 2.28. The molecule has 1 aliphatic carbocycles. The van der Waals surface area contributed by atoms with Gasteiger partial charge in [0.2, 0.25) is 0 Å². The number of rotatable bonds is 6. The van der Waals surface area contributed by atoms with E-state index in [2.05, 4.69) is 52.4 Å². The molecule has 0 bridgehead atoms. The van der Waals surface area contributed by atoms with Crippen molar-refractivity contribution >= 4 is 15.9 Å². The van der Waals surface area contributed by atoms with Gasteiger partial charge >= 0.3 is 0 Å². The molecule has 2 heteroatoms. The topological polar surface area (TPSA) is 12.0 Å². The summed E-state index contributed by atoms with van der Waals surface area (Å²) in [6.45, 7) is 3.46. The minimum absolute atomic E-state index is 0.764. The molecule has 1 saturated carbocycles. The number of unbranched alkanes of at least 4 members (excludes halogenated alkanes) is 2. The van der Waals surface area contributed by atoms with Crippen LogP contribution >= 0.6 is 15.9 Å². The van der Waals surface area contributed by atoms with Crippen molar-refractivity contribution in [1.82, 2.24) is 5.32 Å². The molecule has 1 N–H and O–H groups in total. The van der Waals surface area contributed by atoms with Crippen LogP contribution in [0.25, 0.3) is 0 Å².